The van der Waals surface area contributed by atoms with E-state index in [1.165, 1.54) is 0 Å². The molecule has 0 spiro atoms. The molecule has 3 N–H and O–H groups in total. The van der Waals surface area contributed by atoms with E-state index in [4.69, 9.17) is 5.11 Å². The van der Waals surface area contributed by atoms with Crippen molar-refractivity contribution in [1.82, 2.24) is 15.5 Å². The van der Waals surface area contributed by atoms with Gasteiger partial charge in [0, 0.05) is 19.1 Å². The van der Waals surface area contributed by atoms with Crippen LogP contribution >= 0.6 is 0 Å². The molecule has 0 aromatic carbocycles. The van der Waals surface area contributed by atoms with Gasteiger partial charge in [-0.15, -0.1) is 0 Å². The number of aliphatic carboxylic acids is 1. The molecule has 3 aliphatic heterocycles. The summed E-state index contributed by atoms with van der Waals surface area (Å²) in [6, 6.07) is -0.0224. The van der Waals surface area contributed by atoms with Crippen LogP contribution in [0.15, 0.2) is 0 Å². The Morgan fingerprint density at radius 1 is 1.37 bits per heavy atom. The number of nitrogens with zero attached hydrogens (tertiary/aromatic N) is 1. The van der Waals surface area contributed by atoms with Gasteiger partial charge in [-0.2, -0.15) is 0 Å². The first-order valence-corrected chi connectivity index (χ1v) is 7.09. The third-order valence-electron chi connectivity index (χ3n) is 4.32. The number of hydrogen-bond acceptors (Lipinski definition) is 3. The molecule has 6 nitrogen and oxygen atoms in total. The summed E-state index contributed by atoms with van der Waals surface area (Å²) in [7, 11) is 0. The minimum Gasteiger partial charge on any atom is -0.481 e. The summed E-state index contributed by atoms with van der Waals surface area (Å²) < 4.78 is 0. The predicted molar refractivity (Wildman–Crippen MR) is 70.9 cm³/mol. The topological polar surface area (TPSA) is 81.7 Å². The van der Waals surface area contributed by atoms with E-state index in [1.807, 2.05) is 6.92 Å². The number of rotatable bonds is 5. The number of nitrogens with one attached hydrogen (secondary N) is 2. The van der Waals surface area contributed by atoms with E-state index < -0.39 is 11.9 Å². The fraction of sp³-hybridized carbons (Fsp3) is 0.846. The Bertz CT molecular complexity index is 340. The molecule has 2 amide bonds. The van der Waals surface area contributed by atoms with Gasteiger partial charge in [0.25, 0.3) is 0 Å². The molecule has 0 aliphatic carbocycles. The quantitative estimate of drug-likeness (QED) is 0.678. The van der Waals surface area contributed by atoms with Gasteiger partial charge in [-0.1, -0.05) is 6.92 Å². The Morgan fingerprint density at radius 3 is 2.53 bits per heavy atom. The number of amides is 2. The lowest BCUT2D eigenvalue weighted by molar-refractivity contribution is -0.141. The van der Waals surface area contributed by atoms with Crippen molar-refractivity contribution in [2.75, 3.05) is 26.2 Å². The van der Waals surface area contributed by atoms with Gasteiger partial charge in [0.1, 0.15) is 0 Å². The molecule has 0 radical (unpaired) electrons. The Kier molecular flexibility index (Phi) is 4.63. The zero-order valence-electron chi connectivity index (χ0n) is 11.4. The van der Waals surface area contributed by atoms with E-state index in [-0.39, 0.29) is 18.6 Å². The molecule has 3 saturated heterocycles. The second-order valence-electron chi connectivity index (χ2n) is 5.54. The van der Waals surface area contributed by atoms with Crippen molar-refractivity contribution in [1.29, 1.82) is 0 Å². The van der Waals surface area contributed by atoms with Crippen molar-refractivity contribution < 1.29 is 14.7 Å². The van der Waals surface area contributed by atoms with Crippen molar-refractivity contribution in [3.63, 3.8) is 0 Å². The number of carboxylic acid groups (broad SMARTS) is 1. The van der Waals surface area contributed by atoms with Gasteiger partial charge in [-0.3, -0.25) is 4.79 Å². The lowest BCUT2D eigenvalue weighted by Gasteiger charge is -2.44. The standard InChI is InChI=1S/C13H23N3O3/c1-2-9(12(17)18)7-14-13(19)15-11-8-16-5-3-10(11)4-6-16/h9-11H,2-8H2,1H3,(H,17,18)(H2,14,15,19). The highest BCUT2D eigenvalue weighted by Crippen LogP contribution is 2.27. The molecular formula is C13H23N3O3. The summed E-state index contributed by atoms with van der Waals surface area (Å²) in [6.07, 6.45) is 2.82. The molecule has 2 bridgehead atoms. The third kappa shape index (κ3) is 3.59. The minimum atomic E-state index is -0.856. The number of hydrogen-bond donors (Lipinski definition) is 3. The van der Waals surface area contributed by atoms with Gasteiger partial charge in [-0.25, -0.2) is 4.79 Å². The molecule has 0 aromatic heterocycles. The van der Waals surface area contributed by atoms with Gasteiger partial charge in [-0.05, 0) is 38.3 Å². The molecule has 0 aromatic rings. The first-order valence-electron chi connectivity index (χ1n) is 7.09. The van der Waals surface area contributed by atoms with Gasteiger partial charge in [0.15, 0.2) is 0 Å². The molecule has 19 heavy (non-hydrogen) atoms. The average Bonchev–Trinajstić information content (AvgIpc) is 2.40. The van der Waals surface area contributed by atoms with Crippen LogP contribution in [0.4, 0.5) is 4.79 Å². The van der Waals surface area contributed by atoms with E-state index in [9.17, 15) is 9.59 Å². The van der Waals surface area contributed by atoms with Gasteiger partial charge in [0.2, 0.25) is 0 Å². The zero-order chi connectivity index (χ0) is 13.8. The highest BCUT2D eigenvalue weighted by atomic mass is 16.4. The first-order chi connectivity index (χ1) is 9.10. The first kappa shape index (κ1) is 14.1. The maximum atomic E-state index is 11.8. The molecule has 2 atom stereocenters. The normalized spacial score (nSPS) is 30.7. The van der Waals surface area contributed by atoms with Crippen molar-refractivity contribution in [2.24, 2.45) is 11.8 Å². The third-order valence-corrected chi connectivity index (χ3v) is 4.32. The second-order valence-corrected chi connectivity index (χ2v) is 5.54. The molecule has 3 aliphatic rings. The summed E-state index contributed by atoms with van der Waals surface area (Å²) in [5, 5.41) is 14.6. The van der Waals surface area contributed by atoms with Crippen molar-refractivity contribution in [3.8, 4) is 0 Å². The number of carboxylic acids is 1. The van der Waals surface area contributed by atoms with Gasteiger partial charge in [0.05, 0.1) is 5.92 Å². The van der Waals surface area contributed by atoms with E-state index in [0.29, 0.717) is 12.3 Å². The maximum absolute atomic E-state index is 11.8. The number of fused-ring (bicyclic) bond motifs is 3. The molecule has 3 fully saturated rings. The van der Waals surface area contributed by atoms with Crippen LogP contribution in [0.1, 0.15) is 26.2 Å². The monoisotopic (exact) mass is 269 g/mol. The van der Waals surface area contributed by atoms with Crippen LogP contribution in [-0.2, 0) is 4.79 Å². The number of carbonyl (C=O) groups is 2. The van der Waals surface area contributed by atoms with Crippen molar-refractivity contribution in [2.45, 2.75) is 32.2 Å². The number of carbonyl (C=O) groups excluding carboxylic acids is 1. The minimum absolute atomic E-state index is 0.193. The fourth-order valence-corrected chi connectivity index (χ4v) is 2.97. The highest BCUT2D eigenvalue weighted by Gasteiger charge is 2.34. The number of urea groups is 1. The van der Waals surface area contributed by atoms with E-state index >= 15 is 0 Å². The molecule has 6 heteroatoms. The molecule has 108 valence electrons. The summed E-state index contributed by atoms with van der Waals surface area (Å²) in [5.41, 5.74) is 0. The summed E-state index contributed by atoms with van der Waals surface area (Å²) >= 11 is 0. The summed E-state index contributed by atoms with van der Waals surface area (Å²) in [6.45, 7) is 5.21. The molecule has 3 heterocycles. The van der Waals surface area contributed by atoms with Gasteiger partial charge < -0.3 is 20.6 Å². The van der Waals surface area contributed by atoms with Crippen LogP contribution in [0.25, 0.3) is 0 Å². The predicted octanol–water partition coefficient (Wildman–Crippen LogP) is 0.491. The lowest BCUT2D eigenvalue weighted by atomic mass is 9.84. The Balaban J connectivity index is 1.74. The second kappa shape index (κ2) is 6.23. The average molecular weight is 269 g/mol. The Hall–Kier alpha value is -1.30. The number of piperidine rings is 3. The van der Waals surface area contributed by atoms with Crippen LogP contribution in [0.2, 0.25) is 0 Å². The Morgan fingerprint density at radius 2 is 2.05 bits per heavy atom. The summed E-state index contributed by atoms with van der Waals surface area (Å²) in [4.78, 5) is 25.0. The zero-order valence-corrected chi connectivity index (χ0v) is 11.4. The smallest absolute Gasteiger partial charge is 0.315 e. The maximum Gasteiger partial charge on any atom is 0.315 e. The van der Waals surface area contributed by atoms with E-state index in [1.54, 1.807) is 0 Å². The fourth-order valence-electron chi connectivity index (χ4n) is 2.97. The molecule has 0 saturated carbocycles. The molecule has 2 unspecified atom stereocenters. The Labute approximate surface area is 113 Å². The summed E-state index contributed by atoms with van der Waals surface area (Å²) in [5.74, 6) is -0.778. The van der Waals surface area contributed by atoms with Crippen LogP contribution in [0.3, 0.4) is 0 Å². The molecule has 3 rings (SSSR count). The van der Waals surface area contributed by atoms with E-state index in [0.717, 1.165) is 32.5 Å². The SMILES string of the molecule is CCC(CNC(=O)NC1CN2CCC1CC2)C(=O)O. The van der Waals surface area contributed by atoms with Crippen LogP contribution in [0.5, 0.6) is 0 Å². The van der Waals surface area contributed by atoms with Crippen molar-refractivity contribution >= 4 is 12.0 Å². The van der Waals surface area contributed by atoms with Crippen molar-refractivity contribution in [3.05, 3.63) is 0 Å². The van der Waals surface area contributed by atoms with E-state index in [2.05, 4.69) is 15.5 Å². The van der Waals surface area contributed by atoms with Crippen LogP contribution in [0, 0.1) is 11.8 Å². The van der Waals surface area contributed by atoms with Gasteiger partial charge >= 0.3 is 12.0 Å². The molecular weight excluding hydrogens is 246 g/mol. The largest absolute Gasteiger partial charge is 0.481 e. The lowest BCUT2D eigenvalue weighted by Crippen LogP contribution is -2.58. The van der Waals surface area contributed by atoms with Crippen LogP contribution in [-0.4, -0.2) is 54.2 Å². The van der Waals surface area contributed by atoms with Crippen LogP contribution < -0.4 is 10.6 Å². The highest BCUT2D eigenvalue weighted by molar-refractivity contribution is 5.76.